The molecule has 0 aromatic carbocycles. The third-order valence-corrected chi connectivity index (χ3v) is 3.65. The molecule has 5 heteroatoms. The molecule has 0 bridgehead atoms. The van der Waals surface area contributed by atoms with E-state index < -0.39 is 0 Å². The van der Waals surface area contributed by atoms with Crippen LogP contribution in [0, 0.1) is 0 Å². The normalized spacial score (nSPS) is 25.3. The maximum absolute atomic E-state index is 5.46. The second kappa shape index (κ2) is 6.29. The van der Waals surface area contributed by atoms with Crippen molar-refractivity contribution in [3.8, 4) is 0 Å². The van der Waals surface area contributed by atoms with Gasteiger partial charge in [-0.15, -0.1) is 0 Å². The Morgan fingerprint density at radius 1 is 1.28 bits per heavy atom. The fourth-order valence-electron chi connectivity index (χ4n) is 2.71. The zero-order chi connectivity index (χ0) is 13.0. The molecule has 2 atom stereocenters. The lowest BCUT2D eigenvalue weighted by atomic mass is 9.95. The van der Waals surface area contributed by atoms with Gasteiger partial charge in [0.25, 0.3) is 0 Å². The summed E-state index contributed by atoms with van der Waals surface area (Å²) >= 11 is 0. The van der Waals surface area contributed by atoms with Gasteiger partial charge in [0, 0.05) is 6.04 Å². The average molecular weight is 252 g/mol. The molecular weight excluding hydrogens is 228 g/mol. The second-order valence-corrected chi connectivity index (χ2v) is 5.43. The van der Waals surface area contributed by atoms with E-state index in [1.54, 1.807) is 0 Å². The molecule has 1 aromatic rings. The van der Waals surface area contributed by atoms with E-state index in [2.05, 4.69) is 20.4 Å². The van der Waals surface area contributed by atoms with E-state index in [-0.39, 0.29) is 0 Å². The zero-order valence-electron chi connectivity index (χ0n) is 11.6. The lowest BCUT2D eigenvalue weighted by Crippen LogP contribution is -2.31. The molecule has 0 amide bonds. The quantitative estimate of drug-likeness (QED) is 0.828. The summed E-state index contributed by atoms with van der Waals surface area (Å²) in [5.74, 6) is 1.98. The van der Waals surface area contributed by atoms with Crippen LogP contribution in [0.4, 0.5) is 0 Å². The van der Waals surface area contributed by atoms with Crippen LogP contribution < -0.4 is 5.32 Å². The summed E-state index contributed by atoms with van der Waals surface area (Å²) in [6.07, 6.45) is 6.21. The van der Waals surface area contributed by atoms with Crippen LogP contribution in [0.5, 0.6) is 0 Å². The van der Waals surface area contributed by atoms with Gasteiger partial charge in [0.2, 0.25) is 5.89 Å². The fraction of sp³-hybridized carbons (Fsp3) is 0.846. The number of hydrogen-bond acceptors (Lipinski definition) is 5. The van der Waals surface area contributed by atoms with Gasteiger partial charge in [-0.05, 0) is 34.0 Å². The fourth-order valence-corrected chi connectivity index (χ4v) is 2.71. The van der Waals surface area contributed by atoms with Crippen LogP contribution in [0.15, 0.2) is 4.52 Å². The van der Waals surface area contributed by atoms with Gasteiger partial charge in [-0.3, -0.25) is 0 Å². The molecule has 1 fully saturated rings. The molecule has 1 heterocycles. The molecule has 1 aromatic heterocycles. The van der Waals surface area contributed by atoms with Crippen LogP contribution >= 0.6 is 0 Å². The van der Waals surface area contributed by atoms with E-state index >= 15 is 0 Å². The highest BCUT2D eigenvalue weighted by Gasteiger charge is 2.28. The first-order valence-corrected chi connectivity index (χ1v) is 6.85. The number of likely N-dealkylation sites (N-methyl/N-ethyl adjacent to an activating group) is 1. The molecule has 0 spiro atoms. The number of nitrogens with zero attached hydrogens (tertiary/aromatic N) is 3. The van der Waals surface area contributed by atoms with E-state index in [0.29, 0.717) is 12.0 Å². The molecule has 0 saturated heterocycles. The summed E-state index contributed by atoms with van der Waals surface area (Å²) in [5.41, 5.74) is 0. The standard InChI is InChI=1S/C13H24N4O/c1-14-11-8-6-4-5-7-10(11)13-15-12(16-18-13)9-17(2)3/h10-11,14H,4-9H2,1-3H3. The van der Waals surface area contributed by atoms with Crippen LogP contribution in [0.3, 0.4) is 0 Å². The SMILES string of the molecule is CNC1CCCCCC1c1nc(CN(C)C)no1. The Morgan fingerprint density at radius 2 is 2.06 bits per heavy atom. The first-order chi connectivity index (χ1) is 8.70. The van der Waals surface area contributed by atoms with E-state index in [9.17, 15) is 0 Å². The Kier molecular flexibility index (Phi) is 4.72. The molecule has 0 radical (unpaired) electrons. The monoisotopic (exact) mass is 252 g/mol. The average Bonchev–Trinajstić information content (AvgIpc) is 2.64. The molecule has 1 aliphatic carbocycles. The van der Waals surface area contributed by atoms with Crippen molar-refractivity contribution in [1.29, 1.82) is 0 Å². The molecule has 1 N–H and O–H groups in total. The first kappa shape index (κ1) is 13.5. The van der Waals surface area contributed by atoms with Crippen LogP contribution in [0.1, 0.15) is 49.7 Å². The van der Waals surface area contributed by atoms with Crippen molar-refractivity contribution in [2.45, 2.75) is 50.6 Å². The summed E-state index contributed by atoms with van der Waals surface area (Å²) in [4.78, 5) is 6.61. The van der Waals surface area contributed by atoms with Crippen molar-refractivity contribution in [3.05, 3.63) is 11.7 Å². The van der Waals surface area contributed by atoms with Crippen molar-refractivity contribution in [1.82, 2.24) is 20.4 Å². The number of nitrogens with one attached hydrogen (secondary N) is 1. The van der Waals surface area contributed by atoms with Gasteiger partial charge >= 0.3 is 0 Å². The maximum atomic E-state index is 5.46. The van der Waals surface area contributed by atoms with E-state index in [0.717, 1.165) is 24.7 Å². The van der Waals surface area contributed by atoms with Crippen molar-refractivity contribution in [3.63, 3.8) is 0 Å². The molecule has 18 heavy (non-hydrogen) atoms. The smallest absolute Gasteiger partial charge is 0.231 e. The molecule has 5 nitrogen and oxygen atoms in total. The highest BCUT2D eigenvalue weighted by atomic mass is 16.5. The van der Waals surface area contributed by atoms with E-state index in [1.807, 2.05) is 21.1 Å². The minimum absolute atomic E-state index is 0.376. The molecule has 2 rings (SSSR count). The van der Waals surface area contributed by atoms with Crippen LogP contribution in [0.2, 0.25) is 0 Å². The van der Waals surface area contributed by atoms with Crippen molar-refractivity contribution < 1.29 is 4.52 Å². The maximum Gasteiger partial charge on any atom is 0.231 e. The summed E-state index contributed by atoms with van der Waals surface area (Å²) in [6, 6.07) is 0.472. The summed E-state index contributed by atoms with van der Waals surface area (Å²) < 4.78 is 5.46. The van der Waals surface area contributed by atoms with Crippen LogP contribution in [0.25, 0.3) is 0 Å². The predicted octanol–water partition coefficient (Wildman–Crippen LogP) is 1.77. The molecule has 2 unspecified atom stereocenters. The van der Waals surface area contributed by atoms with Gasteiger partial charge in [0.15, 0.2) is 5.82 Å². The molecule has 1 saturated carbocycles. The Balaban J connectivity index is 2.09. The predicted molar refractivity (Wildman–Crippen MR) is 70.4 cm³/mol. The van der Waals surface area contributed by atoms with Gasteiger partial charge in [0.05, 0.1) is 12.5 Å². The Labute approximate surface area is 109 Å². The molecule has 0 aliphatic heterocycles. The molecular formula is C13H24N4O. The number of aromatic nitrogens is 2. The topological polar surface area (TPSA) is 54.2 Å². The van der Waals surface area contributed by atoms with Crippen LogP contribution in [-0.4, -0.2) is 42.2 Å². The van der Waals surface area contributed by atoms with Crippen molar-refractivity contribution in [2.24, 2.45) is 0 Å². The van der Waals surface area contributed by atoms with Crippen molar-refractivity contribution >= 4 is 0 Å². The van der Waals surface area contributed by atoms with Gasteiger partial charge in [-0.1, -0.05) is 24.4 Å². The van der Waals surface area contributed by atoms with Crippen LogP contribution in [-0.2, 0) is 6.54 Å². The Morgan fingerprint density at radius 3 is 2.78 bits per heavy atom. The summed E-state index contributed by atoms with van der Waals surface area (Å²) in [7, 11) is 6.05. The third-order valence-electron chi connectivity index (χ3n) is 3.65. The largest absolute Gasteiger partial charge is 0.339 e. The number of hydrogen-bond donors (Lipinski definition) is 1. The first-order valence-electron chi connectivity index (χ1n) is 6.85. The van der Waals surface area contributed by atoms with Gasteiger partial charge in [0.1, 0.15) is 0 Å². The second-order valence-electron chi connectivity index (χ2n) is 5.43. The van der Waals surface area contributed by atoms with Crippen molar-refractivity contribution in [2.75, 3.05) is 21.1 Å². The van der Waals surface area contributed by atoms with Gasteiger partial charge < -0.3 is 14.7 Å². The summed E-state index contributed by atoms with van der Waals surface area (Å²) in [5, 5.41) is 7.48. The van der Waals surface area contributed by atoms with Gasteiger partial charge in [-0.25, -0.2) is 0 Å². The number of rotatable bonds is 4. The lowest BCUT2D eigenvalue weighted by molar-refractivity contribution is 0.304. The molecule has 102 valence electrons. The minimum atomic E-state index is 0.376. The zero-order valence-corrected chi connectivity index (χ0v) is 11.6. The van der Waals surface area contributed by atoms with E-state index in [1.165, 1.54) is 25.7 Å². The Hall–Kier alpha value is -0.940. The Bertz CT molecular complexity index is 364. The third kappa shape index (κ3) is 3.29. The highest BCUT2D eigenvalue weighted by molar-refractivity contribution is 5.00. The van der Waals surface area contributed by atoms with Gasteiger partial charge in [-0.2, -0.15) is 4.98 Å². The molecule has 1 aliphatic rings. The lowest BCUT2D eigenvalue weighted by Gasteiger charge is -2.20. The minimum Gasteiger partial charge on any atom is -0.339 e. The summed E-state index contributed by atoms with van der Waals surface area (Å²) in [6.45, 7) is 0.737. The highest BCUT2D eigenvalue weighted by Crippen LogP contribution is 2.30. The van der Waals surface area contributed by atoms with E-state index in [4.69, 9.17) is 4.52 Å².